The van der Waals surface area contributed by atoms with Crippen LogP contribution in [0.15, 0.2) is 71.3 Å². The Kier molecular flexibility index (Phi) is 7.70. The third-order valence-electron chi connectivity index (χ3n) is 4.65. The molecule has 2 aromatic carbocycles. The van der Waals surface area contributed by atoms with Crippen LogP contribution in [0, 0.1) is 0 Å². The molecule has 162 valence electrons. The average molecular weight is 421 g/mol. The van der Waals surface area contributed by atoms with Gasteiger partial charge in [0, 0.05) is 16.9 Å². The molecule has 0 aliphatic heterocycles. The summed E-state index contributed by atoms with van der Waals surface area (Å²) in [5.74, 6) is 1.10. The Morgan fingerprint density at radius 3 is 2.35 bits per heavy atom. The molecule has 7 heteroatoms. The minimum absolute atomic E-state index is 0.106. The molecule has 0 radical (unpaired) electrons. The molecular formula is C24H27N3O4. The molecule has 7 nitrogen and oxygen atoms in total. The molecule has 3 N–H and O–H groups in total. The molecule has 0 spiro atoms. The van der Waals surface area contributed by atoms with E-state index in [2.05, 4.69) is 22.9 Å². The normalized spacial score (nSPS) is 11.4. The van der Waals surface area contributed by atoms with Crippen LogP contribution in [-0.2, 0) is 11.3 Å². The van der Waals surface area contributed by atoms with E-state index in [-0.39, 0.29) is 24.5 Å². The molecule has 0 aliphatic carbocycles. The van der Waals surface area contributed by atoms with Crippen molar-refractivity contribution in [2.45, 2.75) is 32.9 Å². The Balaban J connectivity index is 1.43. The van der Waals surface area contributed by atoms with E-state index in [4.69, 9.17) is 9.15 Å². The van der Waals surface area contributed by atoms with Gasteiger partial charge in [-0.25, -0.2) is 0 Å². The summed E-state index contributed by atoms with van der Waals surface area (Å²) in [4.78, 5) is 24.4. The molecule has 0 saturated heterocycles. The summed E-state index contributed by atoms with van der Waals surface area (Å²) in [6, 6.07) is 17.8. The lowest BCUT2D eigenvalue weighted by atomic mass is 10.2. The molecular weight excluding hydrogens is 394 g/mol. The van der Waals surface area contributed by atoms with Gasteiger partial charge in [-0.1, -0.05) is 6.92 Å². The van der Waals surface area contributed by atoms with Gasteiger partial charge in [0.2, 0.25) is 5.91 Å². The van der Waals surface area contributed by atoms with Gasteiger partial charge in [-0.2, -0.15) is 0 Å². The quantitative estimate of drug-likeness (QED) is 0.450. The summed E-state index contributed by atoms with van der Waals surface area (Å²) in [6.07, 6.45) is 2.65. The lowest BCUT2D eigenvalue weighted by Gasteiger charge is -2.13. The fraction of sp³-hybridized carbons (Fsp3) is 0.250. The maximum absolute atomic E-state index is 12.2. The maximum atomic E-state index is 12.2. The highest BCUT2D eigenvalue weighted by Crippen LogP contribution is 2.18. The summed E-state index contributed by atoms with van der Waals surface area (Å²) >= 11 is 0. The highest BCUT2D eigenvalue weighted by atomic mass is 16.5. The number of nitrogens with one attached hydrogen (secondary N) is 3. The van der Waals surface area contributed by atoms with Gasteiger partial charge in [-0.15, -0.1) is 0 Å². The molecule has 2 amide bonds. The lowest BCUT2D eigenvalue weighted by Crippen LogP contribution is -2.23. The molecule has 31 heavy (non-hydrogen) atoms. The Bertz CT molecular complexity index is 967. The first-order valence-corrected chi connectivity index (χ1v) is 10.2. The van der Waals surface area contributed by atoms with Crippen LogP contribution in [0.2, 0.25) is 0 Å². The topological polar surface area (TPSA) is 92.6 Å². The molecule has 3 aromatic rings. The summed E-state index contributed by atoms with van der Waals surface area (Å²) in [7, 11) is 0. The summed E-state index contributed by atoms with van der Waals surface area (Å²) in [6.45, 7) is 4.52. The number of hydrogen-bond donors (Lipinski definition) is 3. The van der Waals surface area contributed by atoms with E-state index in [1.54, 1.807) is 42.7 Å². The van der Waals surface area contributed by atoms with Gasteiger partial charge in [0.25, 0.3) is 5.91 Å². The van der Waals surface area contributed by atoms with Crippen molar-refractivity contribution in [1.82, 2.24) is 5.32 Å². The van der Waals surface area contributed by atoms with E-state index in [0.29, 0.717) is 23.6 Å². The molecule has 3 rings (SSSR count). The number of carbonyl (C=O) groups excluding carboxylic acids is 2. The molecule has 1 atom stereocenters. The highest BCUT2D eigenvalue weighted by Gasteiger charge is 2.08. The van der Waals surface area contributed by atoms with Crippen LogP contribution in [0.5, 0.6) is 5.75 Å². The van der Waals surface area contributed by atoms with Crippen LogP contribution in [0.25, 0.3) is 0 Å². The number of rotatable bonds is 10. The van der Waals surface area contributed by atoms with Gasteiger partial charge in [0.05, 0.1) is 25.5 Å². The average Bonchev–Trinajstić information content (AvgIpc) is 3.31. The lowest BCUT2D eigenvalue weighted by molar-refractivity contribution is -0.114. The minimum atomic E-state index is -0.193. The van der Waals surface area contributed by atoms with Gasteiger partial charge < -0.3 is 25.1 Å². The Morgan fingerprint density at radius 1 is 1.00 bits per heavy atom. The fourth-order valence-electron chi connectivity index (χ4n) is 2.74. The maximum Gasteiger partial charge on any atom is 0.251 e. The first-order chi connectivity index (χ1) is 15.0. The molecule has 1 aromatic heterocycles. The fourth-order valence-corrected chi connectivity index (χ4v) is 2.74. The summed E-state index contributed by atoms with van der Waals surface area (Å²) < 4.78 is 10.9. The van der Waals surface area contributed by atoms with Gasteiger partial charge in [0.15, 0.2) is 0 Å². The van der Waals surface area contributed by atoms with Crippen LogP contribution in [0.3, 0.4) is 0 Å². The van der Waals surface area contributed by atoms with E-state index < -0.39 is 0 Å². The van der Waals surface area contributed by atoms with E-state index in [0.717, 1.165) is 17.9 Å². The van der Waals surface area contributed by atoms with E-state index >= 15 is 0 Å². The van der Waals surface area contributed by atoms with Gasteiger partial charge in [-0.3, -0.25) is 9.59 Å². The number of ether oxygens (including phenoxy) is 1. The van der Waals surface area contributed by atoms with Gasteiger partial charge >= 0.3 is 0 Å². The number of furan rings is 1. The second-order valence-electron chi connectivity index (χ2n) is 7.10. The number of benzene rings is 2. The zero-order valence-electron chi connectivity index (χ0n) is 17.7. The largest absolute Gasteiger partial charge is 0.491 e. The van der Waals surface area contributed by atoms with Crippen molar-refractivity contribution in [2.24, 2.45) is 0 Å². The van der Waals surface area contributed by atoms with Crippen molar-refractivity contribution in [1.29, 1.82) is 0 Å². The number of amides is 2. The molecule has 0 saturated carbocycles. The van der Waals surface area contributed by atoms with Crippen molar-refractivity contribution in [3.05, 3.63) is 78.3 Å². The van der Waals surface area contributed by atoms with Gasteiger partial charge in [-0.05, 0) is 74.0 Å². The first-order valence-electron chi connectivity index (χ1n) is 10.2. The first kappa shape index (κ1) is 22.0. The van der Waals surface area contributed by atoms with E-state index in [1.807, 2.05) is 31.2 Å². The van der Waals surface area contributed by atoms with Gasteiger partial charge in [0.1, 0.15) is 11.5 Å². The Hall–Kier alpha value is -3.74. The predicted molar refractivity (Wildman–Crippen MR) is 120 cm³/mol. The van der Waals surface area contributed by atoms with Crippen molar-refractivity contribution in [3.63, 3.8) is 0 Å². The third-order valence-corrected chi connectivity index (χ3v) is 4.65. The molecule has 0 fully saturated rings. The SMILES string of the molecule is CCC(C)Oc1ccc(NC(=O)CNc2ccc(C(=O)NCc3ccco3)cc2)cc1. The number of anilines is 2. The second kappa shape index (κ2) is 10.9. The molecule has 0 aliphatic rings. The van der Waals surface area contributed by atoms with Crippen LogP contribution >= 0.6 is 0 Å². The molecule has 0 bridgehead atoms. The standard InChI is InChI=1S/C24H27N3O4/c1-3-17(2)31-21-12-10-20(11-13-21)27-23(28)16-25-19-8-6-18(7-9-19)24(29)26-15-22-5-4-14-30-22/h4-14,17,25H,3,15-16H2,1-2H3,(H,26,29)(H,27,28). The highest BCUT2D eigenvalue weighted by molar-refractivity contribution is 5.95. The zero-order chi connectivity index (χ0) is 22.1. The number of hydrogen-bond acceptors (Lipinski definition) is 5. The Labute approximate surface area is 181 Å². The zero-order valence-corrected chi connectivity index (χ0v) is 17.7. The Morgan fingerprint density at radius 2 is 1.71 bits per heavy atom. The second-order valence-corrected chi connectivity index (χ2v) is 7.10. The summed E-state index contributed by atoms with van der Waals surface area (Å²) in [5, 5.41) is 8.67. The predicted octanol–water partition coefficient (Wildman–Crippen LogP) is 4.44. The smallest absolute Gasteiger partial charge is 0.251 e. The van der Waals surface area contributed by atoms with Crippen LogP contribution < -0.4 is 20.7 Å². The summed E-state index contributed by atoms with van der Waals surface area (Å²) in [5.41, 5.74) is 1.98. The van der Waals surface area contributed by atoms with Crippen molar-refractivity contribution in [3.8, 4) is 5.75 Å². The van der Waals surface area contributed by atoms with Crippen LogP contribution in [0.1, 0.15) is 36.4 Å². The van der Waals surface area contributed by atoms with Crippen molar-refractivity contribution < 1.29 is 18.7 Å². The van der Waals surface area contributed by atoms with Crippen molar-refractivity contribution in [2.75, 3.05) is 17.2 Å². The number of carbonyl (C=O) groups is 2. The van der Waals surface area contributed by atoms with Crippen LogP contribution in [0.4, 0.5) is 11.4 Å². The third kappa shape index (κ3) is 6.92. The van der Waals surface area contributed by atoms with E-state index in [1.165, 1.54) is 0 Å². The minimum Gasteiger partial charge on any atom is -0.491 e. The molecule has 1 heterocycles. The van der Waals surface area contributed by atoms with Crippen molar-refractivity contribution >= 4 is 23.2 Å². The van der Waals surface area contributed by atoms with Crippen LogP contribution in [-0.4, -0.2) is 24.5 Å². The monoisotopic (exact) mass is 421 g/mol. The molecule has 1 unspecified atom stereocenters. The van der Waals surface area contributed by atoms with E-state index in [9.17, 15) is 9.59 Å².